The van der Waals surface area contributed by atoms with Gasteiger partial charge in [-0.3, -0.25) is 15.0 Å². The second kappa shape index (κ2) is 4.66. The summed E-state index contributed by atoms with van der Waals surface area (Å²) in [5, 5.41) is 0.708. The molecular weight excluding hydrogens is 273 g/mol. The average molecular weight is 284 g/mol. The molecule has 0 spiro atoms. The topological polar surface area (TPSA) is 49.4 Å². The SMILES string of the molecule is CC1=C(C)C(=O)N(Nc2cccc(C(F)(F)F)c2)C1=O. The van der Waals surface area contributed by atoms with E-state index in [1.165, 1.54) is 26.0 Å². The van der Waals surface area contributed by atoms with Gasteiger partial charge in [-0.05, 0) is 32.0 Å². The summed E-state index contributed by atoms with van der Waals surface area (Å²) >= 11 is 0. The molecule has 7 heteroatoms. The van der Waals surface area contributed by atoms with Crippen LogP contribution in [0.5, 0.6) is 0 Å². The van der Waals surface area contributed by atoms with Gasteiger partial charge in [0.25, 0.3) is 11.8 Å². The van der Waals surface area contributed by atoms with Crippen LogP contribution in [0.15, 0.2) is 35.4 Å². The molecule has 0 saturated carbocycles. The fraction of sp³-hybridized carbons (Fsp3) is 0.231. The third-order valence-electron chi connectivity index (χ3n) is 3.04. The molecule has 2 rings (SSSR count). The predicted molar refractivity (Wildman–Crippen MR) is 65.3 cm³/mol. The van der Waals surface area contributed by atoms with E-state index in [9.17, 15) is 22.8 Å². The number of nitrogens with one attached hydrogen (secondary N) is 1. The van der Waals surface area contributed by atoms with Crippen molar-refractivity contribution in [2.45, 2.75) is 20.0 Å². The highest BCUT2D eigenvalue weighted by molar-refractivity contribution is 6.19. The number of hydrazine groups is 1. The van der Waals surface area contributed by atoms with Crippen LogP contribution in [0, 0.1) is 0 Å². The Morgan fingerprint density at radius 1 is 1.05 bits per heavy atom. The Morgan fingerprint density at radius 2 is 1.60 bits per heavy atom. The fourth-order valence-electron chi connectivity index (χ4n) is 1.74. The van der Waals surface area contributed by atoms with E-state index < -0.39 is 23.6 Å². The van der Waals surface area contributed by atoms with Crippen molar-refractivity contribution in [1.29, 1.82) is 0 Å². The van der Waals surface area contributed by atoms with Crippen molar-refractivity contribution in [3.63, 3.8) is 0 Å². The third-order valence-corrected chi connectivity index (χ3v) is 3.04. The molecular formula is C13H11F3N2O2. The zero-order valence-electron chi connectivity index (χ0n) is 10.7. The summed E-state index contributed by atoms with van der Waals surface area (Å²) in [6.45, 7) is 2.98. The van der Waals surface area contributed by atoms with Crippen LogP contribution in [-0.4, -0.2) is 16.8 Å². The van der Waals surface area contributed by atoms with Gasteiger partial charge in [-0.15, -0.1) is 0 Å². The van der Waals surface area contributed by atoms with Gasteiger partial charge in [0.1, 0.15) is 0 Å². The smallest absolute Gasteiger partial charge is 0.288 e. The molecule has 0 radical (unpaired) electrons. The highest BCUT2D eigenvalue weighted by Gasteiger charge is 2.34. The van der Waals surface area contributed by atoms with Crippen LogP contribution in [0.3, 0.4) is 0 Å². The normalized spacial score (nSPS) is 16.1. The van der Waals surface area contributed by atoms with Crippen molar-refractivity contribution in [2.24, 2.45) is 0 Å². The van der Waals surface area contributed by atoms with E-state index in [1.807, 2.05) is 0 Å². The Kier molecular flexibility index (Phi) is 3.29. The summed E-state index contributed by atoms with van der Waals surface area (Å²) in [6, 6.07) is 4.29. The fourth-order valence-corrected chi connectivity index (χ4v) is 1.74. The summed E-state index contributed by atoms with van der Waals surface area (Å²) in [7, 11) is 0. The van der Waals surface area contributed by atoms with E-state index in [4.69, 9.17) is 0 Å². The minimum atomic E-state index is -4.49. The highest BCUT2D eigenvalue weighted by atomic mass is 19.4. The third kappa shape index (κ3) is 2.38. The molecule has 1 heterocycles. The Labute approximate surface area is 112 Å². The molecule has 0 fully saturated rings. The van der Waals surface area contributed by atoms with Gasteiger partial charge in [-0.2, -0.15) is 18.2 Å². The minimum absolute atomic E-state index is 0.0176. The van der Waals surface area contributed by atoms with Crippen LogP contribution >= 0.6 is 0 Å². The van der Waals surface area contributed by atoms with Gasteiger partial charge >= 0.3 is 6.18 Å². The zero-order chi connectivity index (χ0) is 15.1. The monoisotopic (exact) mass is 284 g/mol. The van der Waals surface area contributed by atoms with Crippen LogP contribution < -0.4 is 5.43 Å². The summed E-state index contributed by atoms with van der Waals surface area (Å²) in [5.74, 6) is -1.13. The van der Waals surface area contributed by atoms with Crippen molar-refractivity contribution in [1.82, 2.24) is 5.01 Å². The molecule has 106 valence electrons. The van der Waals surface area contributed by atoms with Crippen LogP contribution in [0.2, 0.25) is 0 Å². The molecule has 20 heavy (non-hydrogen) atoms. The van der Waals surface area contributed by atoms with Crippen LogP contribution in [0.1, 0.15) is 19.4 Å². The molecule has 1 aromatic carbocycles. The lowest BCUT2D eigenvalue weighted by molar-refractivity contribution is -0.137. The van der Waals surface area contributed by atoms with Crippen LogP contribution in [0.4, 0.5) is 18.9 Å². The van der Waals surface area contributed by atoms with E-state index in [2.05, 4.69) is 5.43 Å². The number of nitrogens with zero attached hydrogens (tertiary/aromatic N) is 1. The molecule has 0 aromatic heterocycles. The van der Waals surface area contributed by atoms with E-state index in [0.29, 0.717) is 5.01 Å². The van der Waals surface area contributed by atoms with E-state index in [-0.39, 0.29) is 16.8 Å². The van der Waals surface area contributed by atoms with Gasteiger partial charge in [-0.25, -0.2) is 0 Å². The van der Waals surface area contributed by atoms with Crippen molar-refractivity contribution in [3.8, 4) is 0 Å². The molecule has 4 nitrogen and oxygen atoms in total. The Morgan fingerprint density at radius 3 is 2.10 bits per heavy atom. The van der Waals surface area contributed by atoms with Crippen molar-refractivity contribution in [2.75, 3.05) is 5.43 Å². The summed E-state index contributed by atoms with van der Waals surface area (Å²) in [6.07, 6.45) is -4.49. The van der Waals surface area contributed by atoms with E-state index in [1.54, 1.807) is 0 Å². The maximum Gasteiger partial charge on any atom is 0.416 e. The van der Waals surface area contributed by atoms with Crippen molar-refractivity contribution >= 4 is 17.5 Å². The second-order valence-electron chi connectivity index (χ2n) is 4.39. The van der Waals surface area contributed by atoms with Crippen LogP contribution in [0.25, 0.3) is 0 Å². The Balaban J connectivity index is 2.25. The summed E-state index contributed by atoms with van der Waals surface area (Å²) in [5.41, 5.74) is 2.11. The Bertz CT molecular complexity index is 596. The van der Waals surface area contributed by atoms with E-state index >= 15 is 0 Å². The molecule has 0 atom stereocenters. The van der Waals surface area contributed by atoms with Gasteiger partial charge in [0.2, 0.25) is 0 Å². The lowest BCUT2D eigenvalue weighted by Gasteiger charge is -2.18. The molecule has 0 unspecified atom stereocenters. The molecule has 1 N–H and O–H groups in total. The number of hydrogen-bond donors (Lipinski definition) is 1. The van der Waals surface area contributed by atoms with Gasteiger partial charge in [0, 0.05) is 11.1 Å². The highest BCUT2D eigenvalue weighted by Crippen LogP contribution is 2.31. The first-order chi connectivity index (χ1) is 9.21. The maximum absolute atomic E-state index is 12.6. The van der Waals surface area contributed by atoms with Gasteiger partial charge in [0.15, 0.2) is 0 Å². The number of carbonyl (C=O) groups excluding carboxylic acids is 2. The number of hydrogen-bond acceptors (Lipinski definition) is 3. The number of imide groups is 1. The van der Waals surface area contributed by atoms with Gasteiger partial charge < -0.3 is 0 Å². The molecule has 0 saturated heterocycles. The summed E-state index contributed by atoms with van der Waals surface area (Å²) in [4.78, 5) is 23.5. The first-order valence-corrected chi connectivity index (χ1v) is 5.72. The number of amides is 2. The standard InChI is InChI=1S/C13H11F3N2O2/c1-7-8(2)12(20)18(11(7)19)17-10-5-3-4-9(6-10)13(14,15)16/h3-6,17H,1-2H3. The number of benzene rings is 1. The molecule has 0 bridgehead atoms. The largest absolute Gasteiger partial charge is 0.416 e. The minimum Gasteiger partial charge on any atom is -0.288 e. The molecule has 0 aliphatic carbocycles. The lowest BCUT2D eigenvalue weighted by atomic mass is 10.2. The number of anilines is 1. The van der Waals surface area contributed by atoms with Crippen molar-refractivity contribution in [3.05, 3.63) is 41.0 Å². The Hall–Kier alpha value is -2.31. The van der Waals surface area contributed by atoms with Gasteiger partial charge in [-0.1, -0.05) is 6.07 Å². The zero-order valence-corrected chi connectivity index (χ0v) is 10.7. The molecule has 1 aliphatic heterocycles. The van der Waals surface area contributed by atoms with Gasteiger partial charge in [0.05, 0.1) is 11.3 Å². The summed E-state index contributed by atoms with van der Waals surface area (Å²) < 4.78 is 37.7. The molecule has 1 aliphatic rings. The van der Waals surface area contributed by atoms with Crippen LogP contribution in [-0.2, 0) is 15.8 Å². The number of halogens is 3. The number of alkyl halides is 3. The lowest BCUT2D eigenvalue weighted by Crippen LogP contribution is -2.36. The number of rotatable bonds is 2. The van der Waals surface area contributed by atoms with E-state index in [0.717, 1.165) is 12.1 Å². The molecule has 1 aromatic rings. The first-order valence-electron chi connectivity index (χ1n) is 5.72. The quantitative estimate of drug-likeness (QED) is 0.849. The first kappa shape index (κ1) is 14.1. The second-order valence-corrected chi connectivity index (χ2v) is 4.39. The average Bonchev–Trinajstić information content (AvgIpc) is 2.56. The van der Waals surface area contributed by atoms with Crippen molar-refractivity contribution < 1.29 is 22.8 Å². The number of carbonyl (C=O) groups is 2. The predicted octanol–water partition coefficient (Wildman–Crippen LogP) is 2.74. The maximum atomic E-state index is 12.6. The molecule has 2 amide bonds.